The number of aryl methyl sites for hydroxylation is 1. The molecule has 1 saturated heterocycles. The molecule has 0 spiro atoms. The predicted octanol–water partition coefficient (Wildman–Crippen LogP) is 2.17. The van der Waals surface area contributed by atoms with Gasteiger partial charge < -0.3 is 15.6 Å². The molecule has 8 nitrogen and oxygen atoms in total. The standard InChI is InChI=1S/C22H24FN5O3S/c1-27-13-21(26-14-27)32(30,31)28-11-17(20(12-28)15-5-7-18(23)8-6-15)10-25-19-4-2-3-16(9-19)22(24)29/h2-9,13-14,17,20,25H,10-12H2,1H3,(H2,24,29)/t17-,20+/m0/s1. The Bertz CT molecular complexity index is 1230. The quantitative estimate of drug-likeness (QED) is 0.565. The molecule has 1 amide bonds. The molecule has 0 radical (unpaired) electrons. The fourth-order valence-electron chi connectivity index (χ4n) is 4.01. The average molecular weight is 458 g/mol. The summed E-state index contributed by atoms with van der Waals surface area (Å²) in [6, 6.07) is 13.0. The lowest BCUT2D eigenvalue weighted by Gasteiger charge is -2.20. The van der Waals surface area contributed by atoms with E-state index in [2.05, 4.69) is 10.3 Å². The fourth-order valence-corrected chi connectivity index (χ4v) is 5.50. The van der Waals surface area contributed by atoms with E-state index in [1.807, 2.05) is 6.07 Å². The van der Waals surface area contributed by atoms with Gasteiger partial charge in [0.05, 0.1) is 6.33 Å². The molecule has 2 heterocycles. The maximum atomic E-state index is 13.5. The van der Waals surface area contributed by atoms with E-state index in [-0.39, 0.29) is 35.8 Å². The molecule has 3 aromatic rings. The summed E-state index contributed by atoms with van der Waals surface area (Å²) >= 11 is 0. The number of hydrogen-bond donors (Lipinski definition) is 2. The minimum absolute atomic E-state index is 0.000578. The Kier molecular flexibility index (Phi) is 5.98. The fraction of sp³-hybridized carbons (Fsp3) is 0.273. The van der Waals surface area contributed by atoms with Gasteiger partial charge in [-0.25, -0.2) is 17.8 Å². The number of carbonyl (C=O) groups excluding carboxylic acids is 1. The van der Waals surface area contributed by atoms with Gasteiger partial charge in [0.15, 0.2) is 5.03 Å². The first-order chi connectivity index (χ1) is 15.2. The van der Waals surface area contributed by atoms with Crippen LogP contribution in [0.2, 0.25) is 0 Å². The molecular weight excluding hydrogens is 433 g/mol. The molecule has 10 heteroatoms. The minimum atomic E-state index is -3.76. The van der Waals surface area contributed by atoms with Crippen molar-refractivity contribution in [2.45, 2.75) is 10.9 Å². The van der Waals surface area contributed by atoms with E-state index in [1.54, 1.807) is 41.9 Å². The third-order valence-corrected chi connectivity index (χ3v) is 7.42. The van der Waals surface area contributed by atoms with Crippen LogP contribution in [0.4, 0.5) is 10.1 Å². The van der Waals surface area contributed by atoms with E-state index in [0.717, 1.165) is 5.56 Å². The van der Waals surface area contributed by atoms with Gasteiger partial charge in [0.25, 0.3) is 10.0 Å². The summed E-state index contributed by atoms with van der Waals surface area (Å²) in [4.78, 5) is 15.5. The van der Waals surface area contributed by atoms with Crippen molar-refractivity contribution < 1.29 is 17.6 Å². The molecule has 0 bridgehead atoms. The number of aromatic nitrogens is 2. The van der Waals surface area contributed by atoms with Crippen LogP contribution in [0.25, 0.3) is 0 Å². The van der Waals surface area contributed by atoms with Crippen LogP contribution in [0.3, 0.4) is 0 Å². The third kappa shape index (κ3) is 4.51. The number of nitrogens with zero attached hydrogens (tertiary/aromatic N) is 3. The molecule has 32 heavy (non-hydrogen) atoms. The van der Waals surface area contributed by atoms with Gasteiger partial charge >= 0.3 is 0 Å². The third-order valence-electron chi connectivity index (χ3n) is 5.71. The molecule has 4 rings (SSSR count). The number of primary amides is 1. The van der Waals surface area contributed by atoms with E-state index in [9.17, 15) is 17.6 Å². The number of imidazole rings is 1. The Morgan fingerprint density at radius 1 is 1.22 bits per heavy atom. The lowest BCUT2D eigenvalue weighted by atomic mass is 9.89. The Morgan fingerprint density at radius 2 is 1.97 bits per heavy atom. The lowest BCUT2D eigenvalue weighted by Crippen LogP contribution is -2.30. The van der Waals surface area contributed by atoms with E-state index in [4.69, 9.17) is 5.73 Å². The predicted molar refractivity (Wildman–Crippen MR) is 118 cm³/mol. The topological polar surface area (TPSA) is 110 Å². The summed E-state index contributed by atoms with van der Waals surface area (Å²) < 4.78 is 42.8. The number of nitrogens with two attached hydrogens (primary N) is 1. The highest BCUT2D eigenvalue weighted by atomic mass is 32.2. The van der Waals surface area contributed by atoms with Crippen LogP contribution in [0.1, 0.15) is 21.8 Å². The van der Waals surface area contributed by atoms with Crippen molar-refractivity contribution >= 4 is 21.6 Å². The molecule has 3 N–H and O–H groups in total. The number of carbonyl (C=O) groups is 1. The smallest absolute Gasteiger partial charge is 0.262 e. The second-order valence-corrected chi connectivity index (χ2v) is 9.83. The molecule has 2 atom stereocenters. The largest absolute Gasteiger partial charge is 0.385 e. The van der Waals surface area contributed by atoms with Crippen molar-refractivity contribution in [3.8, 4) is 0 Å². The Labute approximate surface area is 185 Å². The summed E-state index contributed by atoms with van der Waals surface area (Å²) in [5.41, 5.74) is 7.32. The van der Waals surface area contributed by atoms with Crippen LogP contribution in [-0.2, 0) is 17.1 Å². The number of nitrogens with one attached hydrogen (secondary N) is 1. The number of anilines is 1. The van der Waals surface area contributed by atoms with Gasteiger partial charge in [-0.3, -0.25) is 4.79 Å². The Morgan fingerprint density at radius 3 is 2.62 bits per heavy atom. The Hall–Kier alpha value is -3.24. The van der Waals surface area contributed by atoms with Crippen molar-refractivity contribution in [1.29, 1.82) is 0 Å². The van der Waals surface area contributed by atoms with Crippen molar-refractivity contribution in [2.24, 2.45) is 18.7 Å². The molecule has 1 fully saturated rings. The van der Waals surface area contributed by atoms with E-state index in [1.165, 1.54) is 29.0 Å². The van der Waals surface area contributed by atoms with Gasteiger partial charge in [-0.15, -0.1) is 0 Å². The van der Waals surface area contributed by atoms with E-state index < -0.39 is 15.9 Å². The second kappa shape index (κ2) is 8.71. The lowest BCUT2D eigenvalue weighted by molar-refractivity contribution is 0.100. The molecule has 0 aliphatic carbocycles. The number of halogens is 1. The van der Waals surface area contributed by atoms with Crippen LogP contribution >= 0.6 is 0 Å². The summed E-state index contributed by atoms with van der Waals surface area (Å²) in [6.45, 7) is 1.00. The number of rotatable bonds is 7. The highest BCUT2D eigenvalue weighted by molar-refractivity contribution is 7.89. The molecule has 1 aliphatic rings. The Balaban J connectivity index is 1.58. The maximum absolute atomic E-state index is 13.5. The van der Waals surface area contributed by atoms with Gasteiger partial charge in [-0.1, -0.05) is 18.2 Å². The molecule has 1 aromatic heterocycles. The van der Waals surface area contributed by atoms with Gasteiger partial charge in [-0.05, 0) is 41.8 Å². The highest BCUT2D eigenvalue weighted by Crippen LogP contribution is 2.36. The first-order valence-corrected chi connectivity index (χ1v) is 11.6. The normalized spacial score (nSPS) is 19.2. The van der Waals surface area contributed by atoms with Gasteiger partial charge in [0.2, 0.25) is 5.91 Å². The number of sulfonamides is 1. The van der Waals surface area contributed by atoms with Crippen molar-refractivity contribution in [2.75, 3.05) is 25.0 Å². The summed E-state index contributed by atoms with van der Waals surface area (Å²) in [5, 5.41) is 3.29. The maximum Gasteiger partial charge on any atom is 0.262 e. The zero-order valence-corrected chi connectivity index (χ0v) is 18.3. The van der Waals surface area contributed by atoms with Crippen LogP contribution < -0.4 is 11.1 Å². The second-order valence-electron chi connectivity index (χ2n) is 7.94. The van der Waals surface area contributed by atoms with Gasteiger partial charge in [-0.2, -0.15) is 4.31 Å². The SMILES string of the molecule is Cn1cnc(S(=O)(=O)N2C[C@H](CNc3cccc(C(N)=O)c3)[C@@H](c3ccc(F)cc3)C2)c1. The number of amides is 1. The van der Waals surface area contributed by atoms with Crippen molar-refractivity contribution in [3.05, 3.63) is 78.0 Å². The average Bonchev–Trinajstić information content (AvgIpc) is 3.40. The van der Waals surface area contributed by atoms with Crippen LogP contribution in [0.15, 0.2) is 66.1 Å². The summed E-state index contributed by atoms with van der Waals surface area (Å²) in [6.07, 6.45) is 2.92. The summed E-state index contributed by atoms with van der Waals surface area (Å²) in [5.74, 6) is -1.09. The zero-order chi connectivity index (χ0) is 22.9. The molecule has 168 valence electrons. The van der Waals surface area contributed by atoms with Gasteiger partial charge in [0, 0.05) is 50.0 Å². The minimum Gasteiger partial charge on any atom is -0.385 e. The first kappa shape index (κ1) is 22.0. The van der Waals surface area contributed by atoms with Crippen LogP contribution in [0.5, 0.6) is 0 Å². The number of benzene rings is 2. The molecule has 2 aromatic carbocycles. The van der Waals surface area contributed by atoms with Crippen molar-refractivity contribution in [3.63, 3.8) is 0 Å². The first-order valence-electron chi connectivity index (χ1n) is 10.1. The summed E-state index contributed by atoms with van der Waals surface area (Å²) in [7, 11) is -2.05. The van der Waals surface area contributed by atoms with E-state index >= 15 is 0 Å². The highest BCUT2D eigenvalue weighted by Gasteiger charge is 2.40. The number of hydrogen-bond acceptors (Lipinski definition) is 5. The molecule has 0 unspecified atom stereocenters. The van der Waals surface area contributed by atoms with Gasteiger partial charge in [0.1, 0.15) is 5.82 Å². The zero-order valence-electron chi connectivity index (χ0n) is 17.5. The van der Waals surface area contributed by atoms with Crippen LogP contribution in [0, 0.1) is 11.7 Å². The van der Waals surface area contributed by atoms with E-state index in [0.29, 0.717) is 17.8 Å². The monoisotopic (exact) mass is 457 g/mol. The van der Waals surface area contributed by atoms with Crippen molar-refractivity contribution in [1.82, 2.24) is 13.9 Å². The molecule has 0 saturated carbocycles. The molecular formula is C22H24FN5O3S. The molecule has 1 aliphatic heterocycles. The van der Waals surface area contributed by atoms with Crippen LogP contribution in [-0.4, -0.2) is 47.8 Å².